The number of nitrogens with zero attached hydrogens (tertiary/aromatic N) is 2. The van der Waals surface area contributed by atoms with Crippen molar-refractivity contribution in [1.29, 1.82) is 0 Å². The van der Waals surface area contributed by atoms with E-state index in [1.165, 1.54) is 25.9 Å². The highest BCUT2D eigenvalue weighted by Crippen LogP contribution is 2.27. The molecule has 4 rings (SSSR count). The van der Waals surface area contributed by atoms with Gasteiger partial charge in [-0.1, -0.05) is 0 Å². The number of carbonyl (C=O) groups is 1. The van der Waals surface area contributed by atoms with Crippen LogP contribution in [0.1, 0.15) is 23.2 Å². The first kappa shape index (κ1) is 12.1. The Hall–Kier alpha value is -0.940. The van der Waals surface area contributed by atoms with E-state index in [0.29, 0.717) is 17.5 Å². The van der Waals surface area contributed by atoms with Crippen molar-refractivity contribution < 1.29 is 4.79 Å². The summed E-state index contributed by atoms with van der Waals surface area (Å²) in [5, 5.41) is 3.15. The zero-order valence-electron chi connectivity index (χ0n) is 10.1. The van der Waals surface area contributed by atoms with Crippen LogP contribution in [0.5, 0.6) is 0 Å². The summed E-state index contributed by atoms with van der Waals surface area (Å²) in [4.78, 5) is 18.6. The summed E-state index contributed by atoms with van der Waals surface area (Å²) in [6.45, 7) is 3.38. The second kappa shape index (κ2) is 4.97. The molecule has 1 N–H and O–H groups in total. The summed E-state index contributed by atoms with van der Waals surface area (Å²) in [5.41, 5.74) is 0.626. The Morgan fingerprint density at radius 1 is 1.39 bits per heavy atom. The number of nitrogens with one attached hydrogen (secondary N) is 1. The molecule has 3 saturated heterocycles. The van der Waals surface area contributed by atoms with E-state index in [4.69, 9.17) is 0 Å². The third-order valence-electron chi connectivity index (χ3n) is 3.94. The van der Waals surface area contributed by atoms with Gasteiger partial charge in [-0.2, -0.15) is 0 Å². The average Bonchev–Trinajstić information content (AvgIpc) is 2.40. The SMILES string of the molecule is O=C(NC1CN2CCC1CC2)c1cncc(Br)c1. The zero-order valence-corrected chi connectivity index (χ0v) is 11.7. The number of amides is 1. The molecule has 1 amide bonds. The number of pyridine rings is 1. The molecular weight excluding hydrogens is 294 g/mol. The van der Waals surface area contributed by atoms with Crippen LogP contribution in [0.15, 0.2) is 22.9 Å². The third kappa shape index (κ3) is 2.42. The molecule has 1 unspecified atom stereocenters. The summed E-state index contributed by atoms with van der Waals surface area (Å²) in [6.07, 6.45) is 5.72. The van der Waals surface area contributed by atoms with Crippen molar-refractivity contribution in [2.24, 2.45) is 5.92 Å². The van der Waals surface area contributed by atoms with Crippen molar-refractivity contribution in [1.82, 2.24) is 15.2 Å². The van der Waals surface area contributed by atoms with Gasteiger partial charge in [0.15, 0.2) is 0 Å². The first-order valence-corrected chi connectivity index (χ1v) is 7.15. The maximum absolute atomic E-state index is 12.2. The molecule has 96 valence electrons. The van der Waals surface area contributed by atoms with Crippen LogP contribution in [0.25, 0.3) is 0 Å². The van der Waals surface area contributed by atoms with Crippen LogP contribution in [0.4, 0.5) is 0 Å². The molecule has 1 aromatic heterocycles. The lowest BCUT2D eigenvalue weighted by Gasteiger charge is -2.44. The Kier molecular flexibility index (Phi) is 3.35. The molecule has 4 nitrogen and oxygen atoms in total. The summed E-state index contributed by atoms with van der Waals surface area (Å²) in [5.74, 6) is 0.640. The van der Waals surface area contributed by atoms with Crippen LogP contribution in [0.2, 0.25) is 0 Å². The molecule has 0 spiro atoms. The molecule has 3 fully saturated rings. The van der Waals surface area contributed by atoms with Gasteiger partial charge in [0.25, 0.3) is 5.91 Å². The van der Waals surface area contributed by atoms with E-state index in [1.807, 2.05) is 6.07 Å². The quantitative estimate of drug-likeness (QED) is 0.904. The molecule has 3 aliphatic rings. The maximum Gasteiger partial charge on any atom is 0.253 e. The van der Waals surface area contributed by atoms with Crippen molar-refractivity contribution >= 4 is 21.8 Å². The van der Waals surface area contributed by atoms with Crippen molar-refractivity contribution in [2.75, 3.05) is 19.6 Å². The van der Waals surface area contributed by atoms with E-state index in [2.05, 4.69) is 31.1 Å². The normalized spacial score (nSPS) is 30.2. The van der Waals surface area contributed by atoms with Gasteiger partial charge in [-0.25, -0.2) is 0 Å². The predicted molar refractivity (Wildman–Crippen MR) is 72.4 cm³/mol. The van der Waals surface area contributed by atoms with Gasteiger partial charge in [-0.15, -0.1) is 0 Å². The van der Waals surface area contributed by atoms with Crippen LogP contribution < -0.4 is 5.32 Å². The molecule has 4 heterocycles. The largest absolute Gasteiger partial charge is 0.348 e. The molecule has 18 heavy (non-hydrogen) atoms. The first-order chi connectivity index (χ1) is 8.72. The summed E-state index contributed by atoms with van der Waals surface area (Å²) in [6, 6.07) is 2.11. The van der Waals surface area contributed by atoms with Crippen LogP contribution in [-0.2, 0) is 0 Å². The summed E-state index contributed by atoms with van der Waals surface area (Å²) >= 11 is 3.34. The molecule has 0 aliphatic carbocycles. The lowest BCUT2D eigenvalue weighted by atomic mass is 9.84. The summed E-state index contributed by atoms with van der Waals surface area (Å²) in [7, 11) is 0. The summed E-state index contributed by atoms with van der Waals surface area (Å²) < 4.78 is 0.837. The third-order valence-corrected chi connectivity index (χ3v) is 4.37. The van der Waals surface area contributed by atoms with Crippen molar-refractivity contribution in [3.8, 4) is 0 Å². The van der Waals surface area contributed by atoms with Crippen LogP contribution in [0.3, 0.4) is 0 Å². The molecule has 1 aromatic rings. The Morgan fingerprint density at radius 3 is 2.78 bits per heavy atom. The number of hydrogen-bond acceptors (Lipinski definition) is 3. The van der Waals surface area contributed by atoms with Gasteiger partial charge < -0.3 is 10.2 Å². The number of rotatable bonds is 2. The van der Waals surface area contributed by atoms with Crippen LogP contribution >= 0.6 is 15.9 Å². The average molecular weight is 310 g/mol. The Labute approximate surface area is 115 Å². The van der Waals surface area contributed by atoms with Crippen molar-refractivity contribution in [3.05, 3.63) is 28.5 Å². The minimum Gasteiger partial charge on any atom is -0.348 e. The van der Waals surface area contributed by atoms with Crippen molar-refractivity contribution in [2.45, 2.75) is 18.9 Å². The lowest BCUT2D eigenvalue weighted by molar-refractivity contribution is 0.0620. The Bertz CT molecular complexity index is 457. The lowest BCUT2D eigenvalue weighted by Crippen LogP contribution is -2.57. The highest BCUT2D eigenvalue weighted by atomic mass is 79.9. The van der Waals surface area contributed by atoms with E-state index in [-0.39, 0.29) is 5.91 Å². The molecule has 0 radical (unpaired) electrons. The minimum absolute atomic E-state index is 0.0115. The second-order valence-corrected chi connectivity index (χ2v) is 6.03. The van der Waals surface area contributed by atoms with Gasteiger partial charge in [-0.3, -0.25) is 9.78 Å². The van der Waals surface area contributed by atoms with E-state index in [1.54, 1.807) is 12.4 Å². The molecule has 3 aliphatic heterocycles. The predicted octanol–water partition coefficient (Wildman–Crippen LogP) is 1.67. The molecule has 5 heteroatoms. The topological polar surface area (TPSA) is 45.2 Å². The fourth-order valence-corrected chi connectivity index (χ4v) is 3.28. The van der Waals surface area contributed by atoms with E-state index >= 15 is 0 Å². The van der Waals surface area contributed by atoms with E-state index in [0.717, 1.165) is 11.0 Å². The minimum atomic E-state index is -0.0115. The monoisotopic (exact) mass is 309 g/mol. The highest BCUT2D eigenvalue weighted by Gasteiger charge is 2.34. The number of carbonyl (C=O) groups excluding carboxylic acids is 1. The molecule has 1 atom stereocenters. The van der Waals surface area contributed by atoms with Crippen molar-refractivity contribution in [3.63, 3.8) is 0 Å². The van der Waals surface area contributed by atoms with E-state index < -0.39 is 0 Å². The smallest absolute Gasteiger partial charge is 0.253 e. The second-order valence-electron chi connectivity index (χ2n) is 5.11. The van der Waals surface area contributed by atoms with Gasteiger partial charge in [0, 0.05) is 29.5 Å². The molecule has 0 aromatic carbocycles. The Balaban J connectivity index is 1.68. The fourth-order valence-electron chi connectivity index (χ4n) is 2.92. The van der Waals surface area contributed by atoms with Gasteiger partial charge in [0.1, 0.15) is 0 Å². The standard InChI is InChI=1S/C13H16BrN3O/c14-11-5-10(6-15-7-11)13(18)16-12-8-17-3-1-9(12)2-4-17/h5-7,9,12H,1-4,8H2,(H,16,18). The van der Waals surface area contributed by atoms with Crippen LogP contribution in [0, 0.1) is 5.92 Å². The fraction of sp³-hybridized carbons (Fsp3) is 0.538. The molecular formula is C13H16BrN3O. The van der Waals surface area contributed by atoms with E-state index in [9.17, 15) is 4.79 Å². The van der Waals surface area contributed by atoms with Gasteiger partial charge in [0.2, 0.25) is 0 Å². The Morgan fingerprint density at radius 2 is 2.17 bits per heavy atom. The molecule has 2 bridgehead atoms. The maximum atomic E-state index is 12.2. The molecule has 0 saturated carbocycles. The number of halogens is 1. The van der Waals surface area contributed by atoms with Gasteiger partial charge in [0.05, 0.1) is 5.56 Å². The number of hydrogen-bond donors (Lipinski definition) is 1. The van der Waals surface area contributed by atoms with Crippen LogP contribution in [-0.4, -0.2) is 41.5 Å². The number of fused-ring (bicyclic) bond motifs is 3. The number of piperidine rings is 3. The first-order valence-electron chi connectivity index (χ1n) is 6.36. The highest BCUT2D eigenvalue weighted by molar-refractivity contribution is 9.10. The van der Waals surface area contributed by atoms with Gasteiger partial charge in [-0.05, 0) is 53.8 Å². The zero-order chi connectivity index (χ0) is 12.5. The van der Waals surface area contributed by atoms with Gasteiger partial charge >= 0.3 is 0 Å². The number of aromatic nitrogens is 1.